The number of aromatic nitrogens is 5. The van der Waals surface area contributed by atoms with Gasteiger partial charge >= 0.3 is 0 Å². The molecule has 0 radical (unpaired) electrons. The van der Waals surface area contributed by atoms with Crippen molar-refractivity contribution < 1.29 is 4.74 Å². The average molecular weight is 432 g/mol. The van der Waals surface area contributed by atoms with E-state index < -0.39 is 0 Å². The summed E-state index contributed by atoms with van der Waals surface area (Å²) >= 11 is 0. The van der Waals surface area contributed by atoms with E-state index in [0.717, 1.165) is 47.9 Å². The third kappa shape index (κ3) is 4.10. The van der Waals surface area contributed by atoms with Gasteiger partial charge in [0.1, 0.15) is 17.9 Å². The van der Waals surface area contributed by atoms with Crippen molar-refractivity contribution in [2.24, 2.45) is 0 Å². The Hall–Kier alpha value is -3.26. The summed E-state index contributed by atoms with van der Waals surface area (Å²) in [5.41, 5.74) is 2.33. The van der Waals surface area contributed by atoms with Gasteiger partial charge in [0, 0.05) is 24.5 Å². The molecular formula is C24H29N7O. The van der Waals surface area contributed by atoms with Crippen LogP contribution in [0.1, 0.15) is 45.3 Å². The SMILES string of the molecule is CC(Nc1ncnc2nc[nH]c12)c1cc2ccccc2c(OC2CCN(C(C)C)CC2)n1. The van der Waals surface area contributed by atoms with Crippen LogP contribution in [0.2, 0.25) is 0 Å². The van der Waals surface area contributed by atoms with E-state index in [-0.39, 0.29) is 12.1 Å². The van der Waals surface area contributed by atoms with Gasteiger partial charge in [0.2, 0.25) is 5.88 Å². The molecule has 0 amide bonds. The number of benzene rings is 1. The number of rotatable bonds is 6. The fourth-order valence-corrected chi connectivity index (χ4v) is 4.32. The molecule has 2 N–H and O–H groups in total. The number of imidazole rings is 1. The zero-order chi connectivity index (χ0) is 22.1. The number of H-pyrrole nitrogens is 1. The number of anilines is 1. The van der Waals surface area contributed by atoms with Crippen LogP contribution in [0.4, 0.5) is 5.82 Å². The molecule has 1 aliphatic rings. The molecule has 4 heterocycles. The molecule has 4 aromatic rings. The van der Waals surface area contributed by atoms with Crippen LogP contribution in [0, 0.1) is 0 Å². The van der Waals surface area contributed by atoms with Gasteiger partial charge < -0.3 is 19.9 Å². The molecule has 0 bridgehead atoms. The standard InChI is InChI=1S/C24H29N7O/c1-15(2)31-10-8-18(9-11-31)32-24-19-7-5-4-6-17(19)12-20(30-24)16(3)29-23-21-22(26-13-25-21)27-14-28-23/h4-7,12-16,18H,8-11H2,1-3H3,(H2,25,26,27,28,29). The van der Waals surface area contributed by atoms with Gasteiger partial charge in [-0.05, 0) is 51.1 Å². The quantitative estimate of drug-likeness (QED) is 0.469. The molecule has 3 aromatic heterocycles. The highest BCUT2D eigenvalue weighted by molar-refractivity contribution is 5.87. The second-order valence-electron chi connectivity index (χ2n) is 8.71. The summed E-state index contributed by atoms with van der Waals surface area (Å²) < 4.78 is 6.49. The zero-order valence-electron chi connectivity index (χ0n) is 18.7. The first-order chi connectivity index (χ1) is 15.6. The number of likely N-dealkylation sites (tertiary alicyclic amines) is 1. The number of pyridine rings is 1. The lowest BCUT2D eigenvalue weighted by Gasteiger charge is -2.34. The van der Waals surface area contributed by atoms with Crippen LogP contribution in [0.5, 0.6) is 5.88 Å². The number of fused-ring (bicyclic) bond motifs is 2. The third-order valence-electron chi connectivity index (χ3n) is 6.23. The molecule has 1 saturated heterocycles. The number of hydrogen-bond donors (Lipinski definition) is 2. The summed E-state index contributed by atoms with van der Waals surface area (Å²) in [4.78, 5) is 23.3. The second-order valence-corrected chi connectivity index (χ2v) is 8.71. The van der Waals surface area contributed by atoms with E-state index in [0.29, 0.717) is 23.4 Å². The van der Waals surface area contributed by atoms with Crippen LogP contribution in [-0.4, -0.2) is 55.1 Å². The molecule has 0 aliphatic carbocycles. The summed E-state index contributed by atoms with van der Waals surface area (Å²) in [7, 11) is 0. The topological polar surface area (TPSA) is 91.9 Å². The Labute approximate surface area is 187 Å². The fraction of sp³-hybridized carbons (Fsp3) is 0.417. The minimum Gasteiger partial charge on any atom is -0.474 e. The summed E-state index contributed by atoms with van der Waals surface area (Å²) in [5.74, 6) is 1.42. The van der Waals surface area contributed by atoms with Crippen molar-refractivity contribution in [3.63, 3.8) is 0 Å². The molecule has 5 rings (SSSR count). The van der Waals surface area contributed by atoms with Gasteiger partial charge in [-0.3, -0.25) is 0 Å². The van der Waals surface area contributed by atoms with Crippen LogP contribution >= 0.6 is 0 Å². The molecule has 0 saturated carbocycles. The Bertz CT molecular complexity index is 1210. The van der Waals surface area contributed by atoms with Gasteiger partial charge in [0.05, 0.1) is 18.1 Å². The Morgan fingerprint density at radius 1 is 1.09 bits per heavy atom. The number of nitrogens with one attached hydrogen (secondary N) is 2. The first-order valence-electron chi connectivity index (χ1n) is 11.3. The normalized spacial score (nSPS) is 16.6. The first-order valence-corrected chi connectivity index (χ1v) is 11.3. The van der Waals surface area contributed by atoms with E-state index in [2.05, 4.69) is 69.1 Å². The van der Waals surface area contributed by atoms with Crippen molar-refractivity contribution in [3.05, 3.63) is 48.7 Å². The zero-order valence-corrected chi connectivity index (χ0v) is 18.7. The molecule has 1 unspecified atom stereocenters. The second kappa shape index (κ2) is 8.70. The van der Waals surface area contributed by atoms with Crippen LogP contribution in [-0.2, 0) is 0 Å². The van der Waals surface area contributed by atoms with Gasteiger partial charge in [0.15, 0.2) is 11.5 Å². The van der Waals surface area contributed by atoms with Crippen LogP contribution in [0.25, 0.3) is 21.9 Å². The van der Waals surface area contributed by atoms with Crippen LogP contribution in [0.15, 0.2) is 43.0 Å². The van der Waals surface area contributed by atoms with Gasteiger partial charge in [-0.2, -0.15) is 0 Å². The van der Waals surface area contributed by atoms with Gasteiger partial charge in [-0.25, -0.2) is 19.9 Å². The third-order valence-corrected chi connectivity index (χ3v) is 6.23. The van der Waals surface area contributed by atoms with Gasteiger partial charge in [0.25, 0.3) is 0 Å². The average Bonchev–Trinajstić information content (AvgIpc) is 3.29. The Balaban J connectivity index is 1.41. The van der Waals surface area contributed by atoms with Gasteiger partial charge in [-0.15, -0.1) is 0 Å². The van der Waals surface area contributed by atoms with Crippen molar-refractivity contribution in [2.75, 3.05) is 18.4 Å². The van der Waals surface area contributed by atoms with E-state index in [1.807, 2.05) is 12.1 Å². The molecule has 1 fully saturated rings. The number of nitrogens with zero attached hydrogens (tertiary/aromatic N) is 5. The van der Waals surface area contributed by atoms with Crippen LogP contribution in [0.3, 0.4) is 0 Å². The molecule has 1 aromatic carbocycles. The monoisotopic (exact) mass is 431 g/mol. The van der Waals surface area contributed by atoms with Crippen LogP contribution < -0.4 is 10.1 Å². The number of aromatic amines is 1. The molecule has 1 atom stereocenters. The summed E-state index contributed by atoms with van der Waals surface area (Å²) in [6, 6.07) is 10.9. The van der Waals surface area contributed by atoms with Crippen molar-refractivity contribution in [1.82, 2.24) is 29.8 Å². The Kier molecular flexibility index (Phi) is 5.61. The molecule has 8 nitrogen and oxygen atoms in total. The molecule has 1 aliphatic heterocycles. The Morgan fingerprint density at radius 3 is 2.72 bits per heavy atom. The van der Waals surface area contributed by atoms with Crippen molar-refractivity contribution in [3.8, 4) is 5.88 Å². The molecule has 32 heavy (non-hydrogen) atoms. The summed E-state index contributed by atoms with van der Waals surface area (Å²) in [5, 5.41) is 5.62. The molecule has 8 heteroatoms. The maximum absolute atomic E-state index is 6.49. The first kappa shape index (κ1) is 20.6. The van der Waals surface area contributed by atoms with E-state index in [9.17, 15) is 0 Å². The smallest absolute Gasteiger partial charge is 0.221 e. The lowest BCUT2D eigenvalue weighted by Crippen LogP contribution is -2.41. The predicted octanol–water partition coefficient (Wildman–Crippen LogP) is 4.33. The molecular weight excluding hydrogens is 402 g/mol. The highest BCUT2D eigenvalue weighted by Crippen LogP contribution is 2.30. The number of ether oxygens (including phenoxy) is 1. The lowest BCUT2D eigenvalue weighted by atomic mass is 10.1. The maximum Gasteiger partial charge on any atom is 0.221 e. The lowest BCUT2D eigenvalue weighted by molar-refractivity contribution is 0.0822. The predicted molar refractivity (Wildman–Crippen MR) is 126 cm³/mol. The molecule has 0 spiro atoms. The van der Waals surface area contributed by atoms with E-state index in [1.54, 1.807) is 6.33 Å². The van der Waals surface area contributed by atoms with E-state index in [4.69, 9.17) is 9.72 Å². The van der Waals surface area contributed by atoms with Crippen molar-refractivity contribution >= 4 is 27.8 Å². The van der Waals surface area contributed by atoms with Crippen molar-refractivity contribution in [1.29, 1.82) is 0 Å². The van der Waals surface area contributed by atoms with E-state index >= 15 is 0 Å². The van der Waals surface area contributed by atoms with E-state index in [1.165, 1.54) is 6.33 Å². The molecule has 166 valence electrons. The number of piperidine rings is 1. The van der Waals surface area contributed by atoms with Gasteiger partial charge in [-0.1, -0.05) is 18.2 Å². The largest absolute Gasteiger partial charge is 0.474 e. The Morgan fingerprint density at radius 2 is 1.91 bits per heavy atom. The van der Waals surface area contributed by atoms with Crippen molar-refractivity contribution in [2.45, 2.75) is 51.8 Å². The minimum absolute atomic E-state index is 0.0776. The minimum atomic E-state index is -0.0776. The summed E-state index contributed by atoms with van der Waals surface area (Å²) in [6.45, 7) is 8.70. The summed E-state index contributed by atoms with van der Waals surface area (Å²) in [6.07, 6.45) is 5.37. The maximum atomic E-state index is 6.49. The number of hydrogen-bond acceptors (Lipinski definition) is 7. The highest BCUT2D eigenvalue weighted by atomic mass is 16.5. The highest BCUT2D eigenvalue weighted by Gasteiger charge is 2.24. The fourth-order valence-electron chi connectivity index (χ4n) is 4.32.